The van der Waals surface area contributed by atoms with Gasteiger partial charge in [0.1, 0.15) is 11.6 Å². The van der Waals surface area contributed by atoms with Crippen LogP contribution in [-0.2, 0) is 19.1 Å². The zero-order chi connectivity index (χ0) is 25.0. The molecule has 0 saturated carbocycles. The van der Waals surface area contributed by atoms with E-state index in [1.807, 2.05) is 30.3 Å². The van der Waals surface area contributed by atoms with Crippen molar-refractivity contribution in [3.05, 3.63) is 51.9 Å². The first-order valence-corrected chi connectivity index (χ1v) is 12.6. The maximum atomic E-state index is 12.7. The fourth-order valence-electron chi connectivity index (χ4n) is 3.45. The standard InChI is InChI=1S/C23H31N3O6S2/c1-23(2,3)32-21(29)14-11-25-19(27)17(33-13-16(24-4)22(30)31-5)18(20(28)26(25)12-14)34-15-9-7-6-8-10-15/h6-10,14,16,24,27-28H,11-13H2,1-5H3/t14?,16-/m0/s1. The smallest absolute Gasteiger partial charge is 0.323 e. The first-order chi connectivity index (χ1) is 16.1. The molecular weight excluding hydrogens is 478 g/mol. The van der Waals surface area contributed by atoms with Gasteiger partial charge in [-0.15, -0.1) is 11.8 Å². The number of esters is 2. The predicted molar refractivity (Wildman–Crippen MR) is 132 cm³/mol. The van der Waals surface area contributed by atoms with Crippen LogP contribution >= 0.6 is 23.5 Å². The molecular formula is C23H31N3O6S2. The van der Waals surface area contributed by atoms with E-state index in [9.17, 15) is 19.8 Å². The lowest BCUT2D eigenvalue weighted by molar-refractivity contribution is -0.159. The molecule has 2 atom stereocenters. The zero-order valence-electron chi connectivity index (χ0n) is 19.9. The predicted octanol–water partition coefficient (Wildman–Crippen LogP) is 3.23. The average molecular weight is 510 g/mol. The number of hydrazine groups is 1. The van der Waals surface area contributed by atoms with Gasteiger partial charge in [-0.05, 0) is 40.0 Å². The summed E-state index contributed by atoms with van der Waals surface area (Å²) in [5.74, 6) is -1.28. The van der Waals surface area contributed by atoms with Crippen LogP contribution in [0, 0.1) is 5.92 Å². The Hall–Kier alpha value is -2.50. The number of hydrogen-bond acceptors (Lipinski definition) is 11. The highest BCUT2D eigenvalue weighted by atomic mass is 32.2. The molecule has 0 spiro atoms. The van der Waals surface area contributed by atoms with Crippen LogP contribution in [0.4, 0.5) is 0 Å². The highest BCUT2D eigenvalue weighted by molar-refractivity contribution is 8.08. The third-order valence-electron chi connectivity index (χ3n) is 5.11. The molecule has 1 fully saturated rings. The van der Waals surface area contributed by atoms with E-state index in [-0.39, 0.29) is 30.6 Å². The fraction of sp³-hybridized carbons (Fsp3) is 0.478. The molecule has 3 N–H and O–H groups in total. The van der Waals surface area contributed by atoms with Gasteiger partial charge in [0.05, 0.1) is 35.9 Å². The lowest BCUT2D eigenvalue weighted by Crippen LogP contribution is -2.40. The van der Waals surface area contributed by atoms with E-state index in [0.29, 0.717) is 9.81 Å². The van der Waals surface area contributed by atoms with Gasteiger partial charge in [-0.2, -0.15) is 0 Å². The van der Waals surface area contributed by atoms with Crippen LogP contribution in [0.1, 0.15) is 20.8 Å². The van der Waals surface area contributed by atoms with Crippen molar-refractivity contribution in [1.82, 2.24) is 15.3 Å². The molecule has 1 aromatic rings. The number of fused-ring (bicyclic) bond motifs is 1. The lowest BCUT2D eigenvalue weighted by Gasteiger charge is -2.35. The Morgan fingerprint density at radius 1 is 1.12 bits per heavy atom. The molecule has 34 heavy (non-hydrogen) atoms. The van der Waals surface area contributed by atoms with Gasteiger partial charge in [0.15, 0.2) is 0 Å². The molecule has 1 saturated heterocycles. The van der Waals surface area contributed by atoms with Crippen molar-refractivity contribution in [2.24, 2.45) is 5.92 Å². The fourth-order valence-corrected chi connectivity index (χ4v) is 5.76. The monoisotopic (exact) mass is 509 g/mol. The number of carbonyl (C=O) groups is 2. The molecule has 11 heteroatoms. The van der Waals surface area contributed by atoms with Crippen molar-refractivity contribution in [3.8, 4) is 0 Å². The van der Waals surface area contributed by atoms with E-state index in [2.05, 4.69) is 5.32 Å². The third-order valence-corrected chi connectivity index (χ3v) is 7.51. The van der Waals surface area contributed by atoms with Gasteiger partial charge < -0.3 is 25.0 Å². The van der Waals surface area contributed by atoms with Crippen LogP contribution in [0.25, 0.3) is 0 Å². The first kappa shape index (κ1) is 26.1. The number of aliphatic hydroxyl groups excluding tert-OH is 2. The van der Waals surface area contributed by atoms with E-state index < -0.39 is 29.5 Å². The molecule has 1 unspecified atom stereocenters. The minimum atomic E-state index is -0.642. The summed E-state index contributed by atoms with van der Waals surface area (Å²) in [5, 5.41) is 28.3. The van der Waals surface area contributed by atoms with E-state index >= 15 is 0 Å². The summed E-state index contributed by atoms with van der Waals surface area (Å²) in [6.07, 6.45) is 0. The molecule has 186 valence electrons. The molecule has 9 nitrogen and oxygen atoms in total. The number of aliphatic hydroxyl groups is 2. The molecule has 2 heterocycles. The summed E-state index contributed by atoms with van der Waals surface area (Å²) >= 11 is 2.52. The number of rotatable bonds is 8. The van der Waals surface area contributed by atoms with Crippen LogP contribution < -0.4 is 5.32 Å². The van der Waals surface area contributed by atoms with E-state index in [0.717, 1.165) is 4.90 Å². The minimum Gasteiger partial charge on any atom is -0.493 e. The molecule has 3 rings (SSSR count). The van der Waals surface area contributed by atoms with Crippen molar-refractivity contribution in [3.63, 3.8) is 0 Å². The summed E-state index contributed by atoms with van der Waals surface area (Å²) in [7, 11) is 2.97. The van der Waals surface area contributed by atoms with Crippen molar-refractivity contribution < 1.29 is 29.3 Å². The second kappa shape index (κ2) is 10.8. The zero-order valence-corrected chi connectivity index (χ0v) is 21.5. The van der Waals surface area contributed by atoms with Crippen LogP contribution in [-0.4, -0.2) is 76.8 Å². The Labute approximate surface area is 208 Å². The molecule has 0 bridgehead atoms. The van der Waals surface area contributed by atoms with Crippen LogP contribution in [0.3, 0.4) is 0 Å². The highest BCUT2D eigenvalue weighted by Gasteiger charge is 2.44. The molecule has 0 aliphatic carbocycles. The number of thioether (sulfide) groups is 2. The van der Waals surface area contributed by atoms with Gasteiger partial charge in [0, 0.05) is 10.6 Å². The Morgan fingerprint density at radius 2 is 1.71 bits per heavy atom. The quantitative estimate of drug-likeness (QED) is 0.449. The molecule has 0 amide bonds. The first-order valence-electron chi connectivity index (χ1n) is 10.8. The Balaban J connectivity index is 1.92. The lowest BCUT2D eigenvalue weighted by atomic mass is 10.1. The van der Waals surface area contributed by atoms with Gasteiger partial charge in [0.25, 0.3) is 0 Å². The second-order valence-corrected chi connectivity index (χ2v) is 10.9. The van der Waals surface area contributed by atoms with Crippen LogP contribution in [0.5, 0.6) is 0 Å². The average Bonchev–Trinajstić information content (AvgIpc) is 3.25. The SMILES string of the molecule is CN[C@@H](CSC1=C(O)N2CC(C(=O)OC(C)(C)C)CN2C(O)=C1Sc1ccccc1)C(=O)OC. The van der Waals surface area contributed by atoms with Crippen LogP contribution in [0.2, 0.25) is 0 Å². The second-order valence-electron chi connectivity index (χ2n) is 8.79. The van der Waals surface area contributed by atoms with Crippen LogP contribution in [0.15, 0.2) is 56.8 Å². The minimum absolute atomic E-state index is 0.0701. The summed E-state index contributed by atoms with van der Waals surface area (Å²) in [6, 6.07) is 8.85. The van der Waals surface area contributed by atoms with Crippen molar-refractivity contribution in [2.45, 2.75) is 37.3 Å². The summed E-state index contributed by atoms with van der Waals surface area (Å²) < 4.78 is 10.4. The maximum Gasteiger partial charge on any atom is 0.323 e. The normalized spacial score (nSPS) is 19.3. The topological polar surface area (TPSA) is 112 Å². The number of benzene rings is 1. The number of hydrogen-bond donors (Lipinski definition) is 3. The van der Waals surface area contributed by atoms with E-state index in [1.165, 1.54) is 40.7 Å². The molecule has 2 aliphatic heterocycles. The number of likely N-dealkylation sites (N-methyl/N-ethyl adjacent to an activating group) is 1. The van der Waals surface area contributed by atoms with Crippen molar-refractivity contribution in [1.29, 1.82) is 0 Å². The Bertz CT molecular complexity index is 977. The molecule has 0 radical (unpaired) electrons. The van der Waals surface area contributed by atoms with Gasteiger partial charge in [-0.3, -0.25) is 9.59 Å². The number of nitrogens with one attached hydrogen (secondary N) is 1. The van der Waals surface area contributed by atoms with Gasteiger partial charge >= 0.3 is 11.9 Å². The Morgan fingerprint density at radius 3 is 2.24 bits per heavy atom. The van der Waals surface area contributed by atoms with Gasteiger partial charge in [-0.25, -0.2) is 10.0 Å². The maximum absolute atomic E-state index is 12.7. The molecule has 2 aliphatic rings. The van der Waals surface area contributed by atoms with E-state index in [4.69, 9.17) is 9.47 Å². The molecule has 1 aromatic carbocycles. The van der Waals surface area contributed by atoms with E-state index in [1.54, 1.807) is 27.8 Å². The third kappa shape index (κ3) is 5.94. The summed E-state index contributed by atoms with van der Waals surface area (Å²) in [5.41, 5.74) is -0.642. The van der Waals surface area contributed by atoms with Gasteiger partial charge in [-0.1, -0.05) is 30.0 Å². The number of methoxy groups -OCH3 is 1. The number of ether oxygens (including phenoxy) is 2. The highest BCUT2D eigenvalue weighted by Crippen LogP contribution is 2.46. The van der Waals surface area contributed by atoms with Crippen molar-refractivity contribution >= 4 is 35.5 Å². The summed E-state index contributed by atoms with van der Waals surface area (Å²) in [6.45, 7) is 5.72. The Kier molecular flexibility index (Phi) is 8.32. The van der Waals surface area contributed by atoms with Gasteiger partial charge in [0.2, 0.25) is 11.8 Å². The molecule has 0 aromatic heterocycles. The van der Waals surface area contributed by atoms with Crippen molar-refractivity contribution in [2.75, 3.05) is 33.0 Å². The summed E-state index contributed by atoms with van der Waals surface area (Å²) in [4.78, 5) is 26.4. The number of carbonyl (C=O) groups excluding carboxylic acids is 2. The largest absolute Gasteiger partial charge is 0.493 e. The number of nitrogens with zero attached hydrogens (tertiary/aromatic N) is 2.